The summed E-state index contributed by atoms with van der Waals surface area (Å²) >= 11 is 2.22. The molecule has 0 aromatic carbocycles. The summed E-state index contributed by atoms with van der Waals surface area (Å²) in [5, 5.41) is 0. The molecule has 110 valence electrons. The molecule has 0 aromatic heterocycles. The number of hydrogen-bond acceptors (Lipinski definition) is 3. The van der Waals surface area contributed by atoms with E-state index >= 15 is 0 Å². The van der Waals surface area contributed by atoms with Crippen LogP contribution in [-0.2, 0) is 22.2 Å². The number of nitrogens with one attached hydrogen (secondary N) is 1. The van der Waals surface area contributed by atoms with Gasteiger partial charge < -0.3 is 5.73 Å². The first kappa shape index (κ1) is 19.1. The van der Waals surface area contributed by atoms with Crippen molar-refractivity contribution in [2.75, 3.05) is 0 Å². The standard InChI is InChI=1S/C12H17IN5O.Cr/c1-8-3-4-12(2,13)6-9(11(14)19)10(5-8)18(16)7-17-15;/h3-7H,15-16H2,1-2H3,(H2,14,19);/q-1;/p+1/b4-3-,9-6+,10-5+;. The first-order chi connectivity index (χ1) is 8.76. The van der Waals surface area contributed by atoms with Crippen LogP contribution in [0.2, 0.25) is 0 Å². The van der Waals surface area contributed by atoms with E-state index in [4.69, 9.17) is 17.4 Å². The molecule has 1 aliphatic rings. The number of hydrazone groups is 1. The summed E-state index contributed by atoms with van der Waals surface area (Å²) in [6, 6.07) is 0. The van der Waals surface area contributed by atoms with E-state index in [1.165, 1.54) is 11.0 Å². The Bertz CT molecular complexity index is 496. The fraction of sp³-hybridized carbons (Fsp3) is 0.250. The third kappa shape index (κ3) is 5.21. The number of halogens is 1. The number of allylic oxidation sites excluding steroid dienone is 4. The van der Waals surface area contributed by atoms with Gasteiger partial charge in [-0.25, -0.2) is 5.43 Å². The van der Waals surface area contributed by atoms with Crippen LogP contribution in [0.4, 0.5) is 0 Å². The van der Waals surface area contributed by atoms with Crippen LogP contribution < -0.4 is 22.8 Å². The maximum Gasteiger partial charge on any atom is 0.266 e. The monoisotopic (exact) mass is 427 g/mol. The fourth-order valence-corrected chi connectivity index (χ4v) is 2.09. The van der Waals surface area contributed by atoms with Crippen LogP contribution in [0.5, 0.6) is 0 Å². The molecule has 0 saturated carbocycles. The first-order valence-electron chi connectivity index (χ1n) is 5.56. The number of rotatable bonds is 3. The molecular formula is C12H18CrIN5O. The summed E-state index contributed by atoms with van der Waals surface area (Å²) in [5.74, 6) is 11.4. The summed E-state index contributed by atoms with van der Waals surface area (Å²) in [5.41, 5.74) is 8.59. The zero-order valence-electron chi connectivity index (χ0n) is 11.3. The van der Waals surface area contributed by atoms with Crippen molar-refractivity contribution in [2.24, 2.45) is 17.4 Å². The number of carbonyl (C=O) groups excluding carboxylic acids is 1. The second kappa shape index (κ2) is 7.73. The Morgan fingerprint density at radius 2 is 2.20 bits per heavy atom. The molecule has 20 heavy (non-hydrogen) atoms. The second-order valence-corrected chi connectivity index (χ2v) is 6.71. The molecule has 7 N–H and O–H groups in total. The molecule has 8 heteroatoms. The van der Waals surface area contributed by atoms with Gasteiger partial charge >= 0.3 is 0 Å². The van der Waals surface area contributed by atoms with E-state index in [0.29, 0.717) is 11.3 Å². The van der Waals surface area contributed by atoms with Crippen molar-refractivity contribution >= 4 is 34.8 Å². The van der Waals surface area contributed by atoms with Gasteiger partial charge in [0.1, 0.15) is 0 Å². The second-order valence-electron chi connectivity index (χ2n) is 4.38. The summed E-state index contributed by atoms with van der Waals surface area (Å²) in [6.45, 7) is 3.88. The molecule has 6 nitrogen and oxygen atoms in total. The van der Waals surface area contributed by atoms with Gasteiger partial charge in [-0.3, -0.25) is 10.6 Å². The van der Waals surface area contributed by atoms with Crippen LogP contribution in [0, 0.1) is 5.92 Å². The molecule has 1 rings (SSSR count). The van der Waals surface area contributed by atoms with Crippen LogP contribution in [0.15, 0.2) is 35.6 Å². The van der Waals surface area contributed by atoms with Crippen LogP contribution in [0.3, 0.4) is 0 Å². The normalized spacial score (nSPS) is 29.8. The molecule has 0 saturated heterocycles. The zero-order valence-corrected chi connectivity index (χ0v) is 14.7. The van der Waals surface area contributed by atoms with Crippen molar-refractivity contribution in [3.8, 4) is 0 Å². The van der Waals surface area contributed by atoms with Crippen LogP contribution in [0.25, 0.3) is 0 Å². The minimum Gasteiger partial charge on any atom is -0.366 e. The number of carbonyl (C=O) groups is 1. The van der Waals surface area contributed by atoms with Gasteiger partial charge in [-0.2, -0.15) is 28.6 Å². The van der Waals surface area contributed by atoms with Crippen molar-refractivity contribution in [3.05, 3.63) is 41.5 Å². The summed E-state index contributed by atoms with van der Waals surface area (Å²) in [6.07, 6.45) is 8.84. The molecule has 1 atom stereocenters. The minimum atomic E-state index is -0.543. The maximum absolute atomic E-state index is 11.7. The number of alkyl halides is 1. The van der Waals surface area contributed by atoms with Crippen molar-refractivity contribution in [2.45, 2.75) is 17.3 Å². The molecule has 0 aliphatic heterocycles. The van der Waals surface area contributed by atoms with Crippen molar-refractivity contribution in [3.63, 3.8) is 0 Å². The van der Waals surface area contributed by atoms with Crippen molar-refractivity contribution in [1.29, 1.82) is 0 Å². The Hall–Kier alpha value is -0.948. The molecule has 0 bridgehead atoms. The topological polar surface area (TPSA) is 110 Å². The van der Waals surface area contributed by atoms with Gasteiger partial charge in [-0.1, -0.05) is 42.5 Å². The van der Waals surface area contributed by atoms with Gasteiger partial charge in [0, 0.05) is 26.4 Å². The smallest absolute Gasteiger partial charge is 0.266 e. The van der Waals surface area contributed by atoms with E-state index in [1.807, 2.05) is 26.0 Å². The molecule has 0 radical (unpaired) electrons. The molecule has 0 aromatic rings. The number of hydrogen-bond donors (Lipinski definition) is 4. The van der Waals surface area contributed by atoms with Gasteiger partial charge in [0.25, 0.3) is 6.34 Å². The average Bonchev–Trinajstić information content (AvgIpc) is 2.29. The van der Waals surface area contributed by atoms with E-state index < -0.39 is 5.91 Å². The van der Waals surface area contributed by atoms with Gasteiger partial charge in [0.05, 0.1) is 5.70 Å². The Morgan fingerprint density at radius 3 is 2.70 bits per heavy atom. The summed E-state index contributed by atoms with van der Waals surface area (Å²) < 4.78 is 0.895. The SMILES string of the molecule is C[C-]1/C=C\C(C)(I)\C=C(C(N)=O)/C([N+](/N)=C/NN)=C\1.[Cr]. The summed E-state index contributed by atoms with van der Waals surface area (Å²) in [4.78, 5) is 11.7. The van der Waals surface area contributed by atoms with Crippen molar-refractivity contribution < 1.29 is 26.8 Å². The van der Waals surface area contributed by atoms with E-state index in [1.54, 1.807) is 12.2 Å². The number of amides is 1. The molecule has 1 unspecified atom stereocenters. The predicted molar refractivity (Wildman–Crippen MR) is 83.7 cm³/mol. The van der Waals surface area contributed by atoms with Crippen LogP contribution in [-0.4, -0.2) is 20.4 Å². The predicted octanol–water partition coefficient (Wildman–Crippen LogP) is 0.0152. The Balaban J connectivity index is 0.00000361. The number of nitrogens with zero attached hydrogens (tertiary/aromatic N) is 1. The summed E-state index contributed by atoms with van der Waals surface area (Å²) in [7, 11) is 0. The molecular weight excluding hydrogens is 409 g/mol. The van der Waals surface area contributed by atoms with E-state index in [2.05, 4.69) is 28.0 Å². The minimum absolute atomic E-state index is 0. The molecule has 0 spiro atoms. The van der Waals surface area contributed by atoms with Gasteiger partial charge in [-0.15, -0.1) is 6.08 Å². The van der Waals surface area contributed by atoms with Crippen LogP contribution in [0.1, 0.15) is 13.8 Å². The molecule has 1 amide bonds. The van der Waals surface area contributed by atoms with Gasteiger partial charge in [0.15, 0.2) is 0 Å². The largest absolute Gasteiger partial charge is 0.366 e. The zero-order chi connectivity index (χ0) is 14.6. The molecule has 0 fully saturated rings. The number of nitrogens with two attached hydrogens (primary N) is 3. The van der Waals surface area contributed by atoms with Crippen LogP contribution >= 0.6 is 22.6 Å². The van der Waals surface area contributed by atoms with E-state index in [9.17, 15) is 4.79 Å². The third-order valence-electron chi connectivity index (χ3n) is 2.50. The number of hydrazine groups is 2. The Labute approximate surface area is 143 Å². The van der Waals surface area contributed by atoms with E-state index in [0.717, 1.165) is 5.92 Å². The molecule has 1 aliphatic carbocycles. The maximum atomic E-state index is 11.7. The fourth-order valence-electron chi connectivity index (χ4n) is 1.60. The van der Waals surface area contributed by atoms with Gasteiger partial charge in [0.2, 0.25) is 5.91 Å². The number of primary amides is 1. The molecule has 0 heterocycles. The Morgan fingerprint density at radius 1 is 1.60 bits per heavy atom. The Kier molecular flexibility index (Phi) is 7.37. The van der Waals surface area contributed by atoms with E-state index in [-0.39, 0.29) is 20.8 Å². The van der Waals surface area contributed by atoms with Crippen molar-refractivity contribution in [1.82, 2.24) is 5.43 Å². The van der Waals surface area contributed by atoms with Gasteiger partial charge in [-0.05, 0) is 0 Å². The first-order valence-corrected chi connectivity index (χ1v) is 6.64. The third-order valence-corrected chi connectivity index (χ3v) is 3.17. The average molecular weight is 427 g/mol. The quantitative estimate of drug-likeness (QED) is 0.0744.